The molecule has 0 bridgehead atoms. The summed E-state index contributed by atoms with van der Waals surface area (Å²) in [6.45, 7) is 9.90. The van der Waals surface area contributed by atoms with E-state index in [0.29, 0.717) is 62.6 Å². The lowest BCUT2D eigenvalue weighted by Gasteiger charge is -2.07. The molecule has 0 N–H and O–H groups in total. The largest absolute Gasteiger partial charge is 0.415 e. The second-order valence-corrected chi connectivity index (χ2v) is 4.20. The third-order valence-electron chi connectivity index (χ3n) is 1.94. The highest BCUT2D eigenvalue weighted by Crippen LogP contribution is 1.84. The molecule has 0 aromatic carbocycles. The van der Waals surface area contributed by atoms with Crippen molar-refractivity contribution in [1.82, 2.24) is 0 Å². The predicted molar refractivity (Wildman–Crippen MR) is 71.1 cm³/mol. The van der Waals surface area contributed by atoms with Crippen molar-refractivity contribution in [2.24, 2.45) is 0 Å². The number of ether oxygens (including phenoxy) is 4. The molecule has 6 heteroatoms. The molecule has 0 aliphatic carbocycles. The molecule has 0 saturated heterocycles. The third-order valence-corrected chi connectivity index (χ3v) is 2.43. The van der Waals surface area contributed by atoms with Gasteiger partial charge < -0.3 is 23.4 Å². The number of hydrogen-bond acceptors (Lipinski definition) is 5. The Balaban J connectivity index is 2.86. The van der Waals surface area contributed by atoms with Crippen molar-refractivity contribution in [3.63, 3.8) is 0 Å². The van der Waals surface area contributed by atoms with E-state index < -0.39 is 0 Å². The molecule has 0 rings (SSSR count). The molecule has 0 spiro atoms. The van der Waals surface area contributed by atoms with Crippen LogP contribution in [0.4, 0.5) is 0 Å². The predicted octanol–water partition coefficient (Wildman–Crippen LogP) is 1.15. The van der Waals surface area contributed by atoms with Gasteiger partial charge in [-0.05, 0) is 13.0 Å². The third kappa shape index (κ3) is 16.0. The Kier molecular flexibility index (Phi) is 17.0. The van der Waals surface area contributed by atoms with E-state index in [2.05, 4.69) is 6.92 Å². The second-order valence-electron chi connectivity index (χ2n) is 3.50. The van der Waals surface area contributed by atoms with Crippen LogP contribution in [-0.2, 0) is 23.4 Å². The lowest BCUT2D eigenvalue weighted by Crippen LogP contribution is -2.13. The van der Waals surface area contributed by atoms with Crippen LogP contribution in [0.1, 0.15) is 13.3 Å². The van der Waals surface area contributed by atoms with Gasteiger partial charge in [0.15, 0.2) is 0 Å². The Hall–Kier alpha value is 0.0169. The molecule has 0 saturated carbocycles. The van der Waals surface area contributed by atoms with Gasteiger partial charge in [0, 0.05) is 6.61 Å². The zero-order valence-corrected chi connectivity index (χ0v) is 12.6. The van der Waals surface area contributed by atoms with Gasteiger partial charge in [0.2, 0.25) is 9.76 Å². The van der Waals surface area contributed by atoms with Crippen molar-refractivity contribution in [2.75, 3.05) is 59.5 Å². The lowest BCUT2D eigenvalue weighted by atomic mass is 10.5. The first-order valence-corrected chi connectivity index (χ1v) is 7.92. The standard InChI is InChI=1S/C12H26O5Si/c1-3-4-13-5-6-14-7-8-15-9-10-16-11-12-17-18-2/h3-12H2,1-2H3. The minimum absolute atomic E-state index is 0.531. The van der Waals surface area contributed by atoms with Gasteiger partial charge in [-0.1, -0.05) is 6.92 Å². The molecule has 0 unspecified atom stereocenters. The molecule has 5 nitrogen and oxygen atoms in total. The van der Waals surface area contributed by atoms with Crippen LogP contribution in [0.5, 0.6) is 0 Å². The zero-order valence-electron chi connectivity index (χ0n) is 11.6. The van der Waals surface area contributed by atoms with E-state index in [1.807, 2.05) is 6.55 Å². The molecule has 2 radical (unpaired) electrons. The Labute approximate surface area is 113 Å². The minimum Gasteiger partial charge on any atom is -0.415 e. The Morgan fingerprint density at radius 1 is 0.611 bits per heavy atom. The summed E-state index contributed by atoms with van der Waals surface area (Å²) in [6, 6.07) is 0. The van der Waals surface area contributed by atoms with E-state index in [1.54, 1.807) is 0 Å². The summed E-state index contributed by atoms with van der Waals surface area (Å²) in [5.74, 6) is 0. The normalized spacial score (nSPS) is 11.0. The molecule has 108 valence electrons. The van der Waals surface area contributed by atoms with Gasteiger partial charge in [0.05, 0.1) is 52.9 Å². The molecule has 0 atom stereocenters. The van der Waals surface area contributed by atoms with Crippen LogP contribution in [0.25, 0.3) is 0 Å². The fourth-order valence-corrected chi connectivity index (χ4v) is 1.40. The van der Waals surface area contributed by atoms with E-state index in [4.69, 9.17) is 23.4 Å². The average Bonchev–Trinajstić information content (AvgIpc) is 2.39. The van der Waals surface area contributed by atoms with Crippen LogP contribution in [0.15, 0.2) is 0 Å². The van der Waals surface area contributed by atoms with E-state index in [-0.39, 0.29) is 0 Å². The first-order chi connectivity index (χ1) is 8.91. The van der Waals surface area contributed by atoms with Crippen LogP contribution in [-0.4, -0.2) is 69.2 Å². The zero-order chi connectivity index (χ0) is 13.3. The summed E-state index contributed by atoms with van der Waals surface area (Å²) in [5, 5.41) is 0. The average molecular weight is 278 g/mol. The highest BCUT2D eigenvalue weighted by Gasteiger charge is 1.92. The van der Waals surface area contributed by atoms with E-state index in [0.717, 1.165) is 13.0 Å². The molecule has 0 aromatic rings. The quantitative estimate of drug-likeness (QED) is 0.332. The Morgan fingerprint density at radius 2 is 1.00 bits per heavy atom. The van der Waals surface area contributed by atoms with Crippen molar-refractivity contribution in [3.05, 3.63) is 0 Å². The Morgan fingerprint density at radius 3 is 1.39 bits per heavy atom. The molecule has 0 heterocycles. The topological polar surface area (TPSA) is 46.2 Å². The van der Waals surface area contributed by atoms with Crippen LogP contribution < -0.4 is 0 Å². The van der Waals surface area contributed by atoms with Gasteiger partial charge >= 0.3 is 0 Å². The van der Waals surface area contributed by atoms with Gasteiger partial charge in [0.25, 0.3) is 0 Å². The number of hydrogen-bond donors (Lipinski definition) is 0. The fraction of sp³-hybridized carbons (Fsp3) is 1.00. The van der Waals surface area contributed by atoms with Crippen LogP contribution in [0.3, 0.4) is 0 Å². The molecule has 0 aromatic heterocycles. The van der Waals surface area contributed by atoms with Gasteiger partial charge in [0.1, 0.15) is 0 Å². The molecule has 0 fully saturated rings. The SMILES string of the molecule is CCCOCCOCCOCCOCCO[Si]C. The first kappa shape index (κ1) is 18.0. The summed E-state index contributed by atoms with van der Waals surface area (Å²) in [6.07, 6.45) is 1.05. The highest BCUT2D eigenvalue weighted by atomic mass is 28.2. The maximum atomic E-state index is 5.34. The van der Waals surface area contributed by atoms with Gasteiger partial charge in [-0.25, -0.2) is 0 Å². The fourth-order valence-electron chi connectivity index (χ4n) is 1.11. The summed E-state index contributed by atoms with van der Waals surface area (Å²) >= 11 is 0. The summed E-state index contributed by atoms with van der Waals surface area (Å²) in [4.78, 5) is 0. The molecular formula is C12H26O5Si. The van der Waals surface area contributed by atoms with Gasteiger partial charge in [-0.3, -0.25) is 0 Å². The van der Waals surface area contributed by atoms with Crippen molar-refractivity contribution in [3.8, 4) is 0 Å². The second kappa shape index (κ2) is 17.0. The van der Waals surface area contributed by atoms with Crippen molar-refractivity contribution in [2.45, 2.75) is 19.9 Å². The monoisotopic (exact) mass is 278 g/mol. The number of rotatable bonds is 15. The Bertz CT molecular complexity index is 132. The van der Waals surface area contributed by atoms with Gasteiger partial charge in [-0.15, -0.1) is 0 Å². The maximum absolute atomic E-state index is 5.34. The maximum Gasteiger partial charge on any atom is 0.226 e. The smallest absolute Gasteiger partial charge is 0.226 e. The molecular weight excluding hydrogens is 252 g/mol. The van der Waals surface area contributed by atoms with Gasteiger partial charge in [-0.2, -0.15) is 0 Å². The van der Waals surface area contributed by atoms with Crippen LogP contribution >= 0.6 is 0 Å². The van der Waals surface area contributed by atoms with Crippen LogP contribution in [0.2, 0.25) is 6.55 Å². The lowest BCUT2D eigenvalue weighted by molar-refractivity contribution is -0.00440. The van der Waals surface area contributed by atoms with Crippen molar-refractivity contribution < 1.29 is 23.4 Å². The van der Waals surface area contributed by atoms with E-state index >= 15 is 0 Å². The minimum atomic E-state index is 0.531. The summed E-state index contributed by atoms with van der Waals surface area (Å²) < 4.78 is 26.4. The molecule has 0 aliphatic rings. The first-order valence-electron chi connectivity index (χ1n) is 6.51. The van der Waals surface area contributed by atoms with Crippen LogP contribution in [0, 0.1) is 0 Å². The molecule has 18 heavy (non-hydrogen) atoms. The summed E-state index contributed by atoms with van der Waals surface area (Å²) in [5.41, 5.74) is 0. The molecule has 0 amide bonds. The van der Waals surface area contributed by atoms with Crippen molar-refractivity contribution in [1.29, 1.82) is 0 Å². The van der Waals surface area contributed by atoms with E-state index in [1.165, 1.54) is 0 Å². The highest BCUT2D eigenvalue weighted by molar-refractivity contribution is 6.24. The molecule has 0 aliphatic heterocycles. The van der Waals surface area contributed by atoms with Crippen molar-refractivity contribution >= 4 is 9.76 Å². The van der Waals surface area contributed by atoms with E-state index in [9.17, 15) is 0 Å². The summed E-state index contributed by atoms with van der Waals surface area (Å²) in [7, 11) is 0.531.